The third kappa shape index (κ3) is 6.16. The Balaban J connectivity index is 1.45. The summed E-state index contributed by atoms with van der Waals surface area (Å²) in [5.74, 6) is -0.576. The zero-order valence-electron chi connectivity index (χ0n) is 26.1. The van der Waals surface area contributed by atoms with Crippen molar-refractivity contribution in [3.63, 3.8) is 0 Å². The normalized spacial score (nSPS) is 25.8. The lowest BCUT2D eigenvalue weighted by molar-refractivity contribution is -0.143. The van der Waals surface area contributed by atoms with Crippen molar-refractivity contribution in [2.45, 2.75) is 75.4 Å². The van der Waals surface area contributed by atoms with E-state index in [1.165, 1.54) is 13.2 Å². The second-order valence-electron chi connectivity index (χ2n) is 12.6. The van der Waals surface area contributed by atoms with Gasteiger partial charge in [0, 0.05) is 23.4 Å². The highest BCUT2D eigenvalue weighted by Crippen LogP contribution is 2.52. The summed E-state index contributed by atoms with van der Waals surface area (Å²) in [7, 11) is 1.37. The summed E-state index contributed by atoms with van der Waals surface area (Å²) in [6.07, 6.45) is -17.7. The predicted octanol–water partition coefficient (Wildman–Crippen LogP) is 9.05. The zero-order chi connectivity index (χ0) is 35.8. The molecular weight excluding hydrogens is 671 g/mol. The Morgan fingerprint density at radius 3 is 1.94 bits per heavy atom. The molecule has 3 aliphatic heterocycles. The molecule has 49 heavy (non-hydrogen) atoms. The van der Waals surface area contributed by atoms with Crippen LogP contribution in [0.4, 0.5) is 44.3 Å². The fourth-order valence-electron chi connectivity index (χ4n) is 7.41. The second kappa shape index (κ2) is 11.9. The number of methoxy groups -OCH3 is 1. The smallest absolute Gasteiger partial charge is 0.416 e. The fraction of sp³-hybridized carbons (Fsp3) is 0.412. The molecule has 2 amide bonds. The summed E-state index contributed by atoms with van der Waals surface area (Å²) in [6.45, 7) is 3.59. The number of fused-ring (bicyclic) bond motifs is 1. The fourth-order valence-corrected chi connectivity index (χ4v) is 7.41. The van der Waals surface area contributed by atoms with Gasteiger partial charge in [0.1, 0.15) is 11.9 Å². The third-order valence-corrected chi connectivity index (χ3v) is 9.65. The van der Waals surface area contributed by atoms with Crippen molar-refractivity contribution < 1.29 is 58.6 Å². The monoisotopic (exact) mass is 700 g/mol. The summed E-state index contributed by atoms with van der Waals surface area (Å²) < 4.78 is 135. The van der Waals surface area contributed by atoms with Crippen molar-refractivity contribution in [3.05, 3.63) is 88.0 Å². The SMILES string of the molecule is COc1ccc(C2C(C)NC(=O)C2C)cc1-c1ccc(C(F)(F)F)cc1C1CCC2C(c3cc(C(F)(F)F)cc(C(F)(F)F)c3)OC(=O)N12. The van der Waals surface area contributed by atoms with E-state index < -0.39 is 71.0 Å². The van der Waals surface area contributed by atoms with Gasteiger partial charge in [-0.1, -0.05) is 19.1 Å². The van der Waals surface area contributed by atoms with Gasteiger partial charge in [-0.15, -0.1) is 0 Å². The van der Waals surface area contributed by atoms with Crippen molar-refractivity contribution in [1.29, 1.82) is 0 Å². The molecule has 3 aromatic rings. The van der Waals surface area contributed by atoms with E-state index >= 15 is 0 Å². The van der Waals surface area contributed by atoms with Crippen molar-refractivity contribution in [2.75, 3.05) is 7.11 Å². The van der Waals surface area contributed by atoms with E-state index in [0.29, 0.717) is 23.3 Å². The first-order valence-corrected chi connectivity index (χ1v) is 15.3. The van der Waals surface area contributed by atoms with Crippen molar-refractivity contribution in [1.82, 2.24) is 10.2 Å². The first kappa shape index (κ1) is 34.4. The van der Waals surface area contributed by atoms with Crippen molar-refractivity contribution >= 4 is 12.0 Å². The molecule has 3 aliphatic rings. The van der Waals surface area contributed by atoms with Gasteiger partial charge in [-0.2, -0.15) is 39.5 Å². The van der Waals surface area contributed by atoms with Gasteiger partial charge >= 0.3 is 24.6 Å². The molecule has 0 bridgehead atoms. The number of cyclic esters (lactones) is 1. The van der Waals surface area contributed by atoms with E-state index in [1.807, 2.05) is 6.92 Å². The molecule has 3 saturated heterocycles. The molecule has 3 heterocycles. The minimum Gasteiger partial charge on any atom is -0.496 e. The Hall–Kier alpha value is -4.43. The number of amides is 2. The molecule has 0 aromatic heterocycles. The maximum absolute atomic E-state index is 14.1. The average molecular weight is 701 g/mol. The van der Waals surface area contributed by atoms with Crippen LogP contribution in [0, 0.1) is 5.92 Å². The summed E-state index contributed by atoms with van der Waals surface area (Å²) in [4.78, 5) is 26.8. The van der Waals surface area contributed by atoms with Crippen LogP contribution in [-0.2, 0) is 28.1 Å². The Morgan fingerprint density at radius 1 is 0.755 bits per heavy atom. The molecule has 6 rings (SSSR count). The second-order valence-corrected chi connectivity index (χ2v) is 12.6. The van der Waals surface area contributed by atoms with Crippen LogP contribution in [0.25, 0.3) is 11.1 Å². The summed E-state index contributed by atoms with van der Waals surface area (Å²) in [5, 5.41) is 2.88. The van der Waals surface area contributed by atoms with Crippen LogP contribution < -0.4 is 10.1 Å². The molecule has 0 aliphatic carbocycles. The van der Waals surface area contributed by atoms with Gasteiger partial charge in [-0.25, -0.2) is 4.79 Å². The lowest BCUT2D eigenvalue weighted by Gasteiger charge is -2.27. The van der Waals surface area contributed by atoms with Crippen molar-refractivity contribution in [3.8, 4) is 16.9 Å². The maximum atomic E-state index is 14.1. The van der Waals surface area contributed by atoms with Crippen LogP contribution in [0.3, 0.4) is 0 Å². The number of benzene rings is 3. The molecule has 15 heteroatoms. The van der Waals surface area contributed by atoms with Crippen LogP contribution >= 0.6 is 0 Å². The number of alkyl halides is 9. The number of halogens is 9. The first-order valence-electron chi connectivity index (χ1n) is 15.3. The topological polar surface area (TPSA) is 67.9 Å². The molecule has 6 unspecified atom stereocenters. The number of rotatable bonds is 5. The minimum atomic E-state index is -5.14. The molecule has 1 N–H and O–H groups in total. The minimum absolute atomic E-state index is 0.0103. The lowest BCUT2D eigenvalue weighted by Crippen LogP contribution is -2.31. The maximum Gasteiger partial charge on any atom is 0.416 e. The van der Waals surface area contributed by atoms with Crippen LogP contribution in [-0.4, -0.2) is 36.1 Å². The van der Waals surface area contributed by atoms with E-state index in [4.69, 9.17) is 9.47 Å². The van der Waals surface area contributed by atoms with E-state index in [0.717, 1.165) is 17.0 Å². The van der Waals surface area contributed by atoms with Gasteiger partial charge in [0.2, 0.25) is 5.91 Å². The van der Waals surface area contributed by atoms with Gasteiger partial charge in [-0.3, -0.25) is 9.69 Å². The van der Waals surface area contributed by atoms with Crippen LogP contribution in [0.2, 0.25) is 0 Å². The van der Waals surface area contributed by atoms with Crippen LogP contribution in [0.15, 0.2) is 54.6 Å². The van der Waals surface area contributed by atoms with Gasteiger partial charge in [0.15, 0.2) is 0 Å². The number of nitrogens with one attached hydrogen (secondary N) is 1. The van der Waals surface area contributed by atoms with Gasteiger partial charge in [0.05, 0.1) is 35.9 Å². The molecule has 6 atom stereocenters. The summed E-state index contributed by atoms with van der Waals surface area (Å²) >= 11 is 0. The summed E-state index contributed by atoms with van der Waals surface area (Å²) in [5.41, 5.74) is -3.39. The molecular formula is C34H29F9N2O4. The van der Waals surface area contributed by atoms with Crippen LogP contribution in [0.1, 0.15) is 78.1 Å². The van der Waals surface area contributed by atoms with Crippen molar-refractivity contribution in [2.24, 2.45) is 5.92 Å². The third-order valence-electron chi connectivity index (χ3n) is 9.65. The van der Waals surface area contributed by atoms with E-state index in [9.17, 15) is 49.1 Å². The number of hydrogen-bond acceptors (Lipinski definition) is 4. The number of ether oxygens (including phenoxy) is 2. The van der Waals surface area contributed by atoms with E-state index in [-0.39, 0.29) is 53.7 Å². The number of nitrogens with zero attached hydrogens (tertiary/aromatic N) is 1. The Kier molecular flexibility index (Phi) is 8.34. The van der Waals surface area contributed by atoms with Gasteiger partial charge in [0.25, 0.3) is 0 Å². The Labute approximate surface area is 274 Å². The molecule has 0 saturated carbocycles. The van der Waals surface area contributed by atoms with Gasteiger partial charge in [-0.05, 0) is 84.5 Å². The molecule has 3 aromatic carbocycles. The largest absolute Gasteiger partial charge is 0.496 e. The number of hydrogen-bond donors (Lipinski definition) is 1. The number of carbonyl (C=O) groups excluding carboxylic acids is 2. The zero-order valence-corrected chi connectivity index (χ0v) is 26.1. The first-order chi connectivity index (χ1) is 22.8. The van der Waals surface area contributed by atoms with Crippen LogP contribution in [0.5, 0.6) is 5.75 Å². The molecule has 262 valence electrons. The Morgan fingerprint density at radius 2 is 1.39 bits per heavy atom. The quantitative estimate of drug-likeness (QED) is 0.270. The summed E-state index contributed by atoms with van der Waals surface area (Å²) in [6, 6.07) is 6.59. The molecule has 0 radical (unpaired) electrons. The average Bonchev–Trinajstić information content (AvgIpc) is 3.67. The highest BCUT2D eigenvalue weighted by atomic mass is 19.4. The predicted molar refractivity (Wildman–Crippen MR) is 156 cm³/mol. The van der Waals surface area contributed by atoms with E-state index in [2.05, 4.69) is 5.32 Å². The molecule has 6 nitrogen and oxygen atoms in total. The molecule has 0 spiro atoms. The highest BCUT2D eigenvalue weighted by molar-refractivity contribution is 5.83. The number of carbonyl (C=O) groups is 2. The molecule has 3 fully saturated rings. The van der Waals surface area contributed by atoms with Gasteiger partial charge < -0.3 is 14.8 Å². The standard InChI is InChI=1S/C34H29F9N2O4/c1-15-28(16(2)44-30(15)46)17-4-9-27(48-3)24(12-17)22-6-5-19(32(35,36)37)14-23(22)25-7-8-26-29(49-31(47)45(25)26)18-10-20(33(38,39)40)13-21(11-18)34(41,42)43/h4-6,9-16,25-26,28-29H,7-8H2,1-3H3,(H,44,46). The Bertz CT molecular complexity index is 1770. The highest BCUT2D eigenvalue weighted by Gasteiger charge is 2.52. The lowest BCUT2D eigenvalue weighted by atomic mass is 9.83. The van der Waals surface area contributed by atoms with E-state index in [1.54, 1.807) is 25.1 Å².